The molecule has 1 aromatic heterocycles. The number of fused-ring (bicyclic) bond motifs is 2. The fraction of sp³-hybridized carbons (Fsp3) is 0.286. The lowest BCUT2D eigenvalue weighted by molar-refractivity contribution is -0.117. The van der Waals surface area contributed by atoms with Crippen molar-refractivity contribution in [2.24, 2.45) is 0 Å². The molecule has 1 atom stereocenters. The van der Waals surface area contributed by atoms with E-state index < -0.39 is 0 Å². The molecule has 4 aromatic rings. The number of ether oxygens (including phenoxy) is 1. The molecule has 1 aliphatic carbocycles. The summed E-state index contributed by atoms with van der Waals surface area (Å²) < 4.78 is 5.46. The van der Waals surface area contributed by atoms with Crippen LogP contribution in [0.1, 0.15) is 29.9 Å². The first-order valence-electron chi connectivity index (χ1n) is 12.1. The highest BCUT2D eigenvalue weighted by Crippen LogP contribution is 2.34. The van der Waals surface area contributed by atoms with E-state index in [1.165, 1.54) is 11.3 Å². The van der Waals surface area contributed by atoms with Gasteiger partial charge in [0, 0.05) is 35.4 Å². The maximum atomic E-state index is 13.2. The number of H-pyrrole nitrogens is 1. The molecule has 0 saturated carbocycles. The molecule has 6 rings (SSSR count). The summed E-state index contributed by atoms with van der Waals surface area (Å²) in [6.07, 6.45) is 2.98. The number of nitrogens with zero attached hydrogens (tertiary/aromatic N) is 2. The Morgan fingerprint density at radius 3 is 2.71 bits per heavy atom. The van der Waals surface area contributed by atoms with E-state index in [2.05, 4.69) is 62.9 Å². The molecule has 0 spiro atoms. The van der Waals surface area contributed by atoms with Crippen LogP contribution >= 0.6 is 0 Å². The summed E-state index contributed by atoms with van der Waals surface area (Å²) in [6.45, 7) is 3.37. The molecule has 3 aromatic carbocycles. The number of hydrogen-bond donors (Lipinski definition) is 2. The highest BCUT2D eigenvalue weighted by Gasteiger charge is 2.26. The van der Waals surface area contributed by atoms with Gasteiger partial charge in [-0.05, 0) is 60.7 Å². The van der Waals surface area contributed by atoms with Gasteiger partial charge in [0.15, 0.2) is 0 Å². The van der Waals surface area contributed by atoms with Crippen LogP contribution in [0.3, 0.4) is 0 Å². The number of nitrogens with one attached hydrogen (secondary N) is 2. The van der Waals surface area contributed by atoms with E-state index in [0.717, 1.165) is 79.0 Å². The Kier molecular flexibility index (Phi) is 5.51. The zero-order valence-corrected chi connectivity index (χ0v) is 19.1. The second-order valence-corrected chi connectivity index (χ2v) is 9.11. The fourth-order valence-electron chi connectivity index (χ4n) is 5.22. The third-order valence-corrected chi connectivity index (χ3v) is 7.03. The lowest BCUT2D eigenvalue weighted by Crippen LogP contribution is -2.36. The Morgan fingerprint density at radius 2 is 1.85 bits per heavy atom. The predicted molar refractivity (Wildman–Crippen MR) is 135 cm³/mol. The maximum Gasteiger partial charge on any atom is 0.231 e. The first-order valence-corrected chi connectivity index (χ1v) is 12.1. The molecule has 172 valence electrons. The maximum absolute atomic E-state index is 13.2. The molecule has 1 aliphatic heterocycles. The Bertz CT molecular complexity index is 1320. The highest BCUT2D eigenvalue weighted by molar-refractivity contribution is 6.00. The van der Waals surface area contributed by atoms with Gasteiger partial charge in [-0.3, -0.25) is 9.89 Å². The molecule has 1 saturated heterocycles. The van der Waals surface area contributed by atoms with Gasteiger partial charge in [0.1, 0.15) is 0 Å². The third kappa shape index (κ3) is 3.94. The van der Waals surface area contributed by atoms with Crippen LogP contribution < -0.4 is 10.2 Å². The number of rotatable bonds is 4. The number of aromatic nitrogens is 2. The number of morpholine rings is 1. The lowest BCUT2D eigenvalue weighted by Gasteiger charge is -2.28. The third-order valence-electron chi connectivity index (χ3n) is 7.03. The summed E-state index contributed by atoms with van der Waals surface area (Å²) in [4.78, 5) is 15.5. The van der Waals surface area contributed by atoms with Crippen LogP contribution in [0.4, 0.5) is 11.4 Å². The SMILES string of the molecule is O=C(Nc1ccc2[nH]nc(-c3ccc(N4CCOCC4)cc3)c2c1)C1CCCc2ccccc21. The molecule has 0 radical (unpaired) electrons. The second-order valence-electron chi connectivity index (χ2n) is 9.11. The van der Waals surface area contributed by atoms with Crippen LogP contribution in [0, 0.1) is 0 Å². The van der Waals surface area contributed by atoms with Crippen molar-refractivity contribution in [3.63, 3.8) is 0 Å². The second kappa shape index (κ2) is 8.95. The molecule has 6 heteroatoms. The van der Waals surface area contributed by atoms with Crippen LogP contribution in [-0.4, -0.2) is 42.4 Å². The standard InChI is InChI=1S/C28H28N4O2/c33-28(24-7-3-5-19-4-1-2-6-23(19)24)29-21-10-13-26-25(18-21)27(31-30-26)20-8-11-22(12-9-20)32-14-16-34-17-15-32/h1-2,4,6,8-13,18,24H,3,5,7,14-17H2,(H,29,33)(H,30,31). The van der Waals surface area contributed by atoms with Gasteiger partial charge in [-0.2, -0.15) is 5.10 Å². The van der Waals surface area contributed by atoms with Crippen LogP contribution in [0.25, 0.3) is 22.2 Å². The van der Waals surface area contributed by atoms with Gasteiger partial charge in [0.2, 0.25) is 5.91 Å². The van der Waals surface area contributed by atoms with Crippen molar-refractivity contribution in [1.82, 2.24) is 10.2 Å². The summed E-state index contributed by atoms with van der Waals surface area (Å²) in [5.74, 6) is -0.0383. The van der Waals surface area contributed by atoms with Gasteiger partial charge in [-0.15, -0.1) is 0 Å². The normalized spacial score (nSPS) is 18.0. The Balaban J connectivity index is 1.25. The molecule has 0 bridgehead atoms. The number of anilines is 2. The molecule has 2 N–H and O–H groups in total. The van der Waals surface area contributed by atoms with E-state index >= 15 is 0 Å². The van der Waals surface area contributed by atoms with E-state index in [1.54, 1.807) is 0 Å². The number of aryl methyl sites for hydroxylation is 1. The summed E-state index contributed by atoms with van der Waals surface area (Å²) in [5, 5.41) is 11.9. The summed E-state index contributed by atoms with van der Waals surface area (Å²) in [5.41, 5.74) is 7.35. The number of benzene rings is 3. The number of carbonyl (C=O) groups excluding carboxylic acids is 1. The van der Waals surface area contributed by atoms with Crippen molar-refractivity contribution < 1.29 is 9.53 Å². The summed E-state index contributed by atoms with van der Waals surface area (Å²) in [6, 6.07) is 22.8. The van der Waals surface area contributed by atoms with Gasteiger partial charge in [-0.1, -0.05) is 36.4 Å². The van der Waals surface area contributed by atoms with E-state index in [4.69, 9.17) is 4.74 Å². The van der Waals surface area contributed by atoms with Gasteiger partial charge in [0.25, 0.3) is 0 Å². The smallest absolute Gasteiger partial charge is 0.231 e. The van der Waals surface area contributed by atoms with Crippen LogP contribution in [0.5, 0.6) is 0 Å². The van der Waals surface area contributed by atoms with Crippen molar-refractivity contribution in [2.75, 3.05) is 36.5 Å². The molecular weight excluding hydrogens is 424 g/mol. The van der Waals surface area contributed by atoms with Crippen molar-refractivity contribution in [3.8, 4) is 11.3 Å². The molecule has 1 fully saturated rings. The molecule has 1 amide bonds. The van der Waals surface area contributed by atoms with E-state index in [0.29, 0.717) is 0 Å². The average Bonchev–Trinajstić information content (AvgIpc) is 3.32. The van der Waals surface area contributed by atoms with Gasteiger partial charge >= 0.3 is 0 Å². The van der Waals surface area contributed by atoms with E-state index in [1.807, 2.05) is 24.3 Å². The predicted octanol–water partition coefficient (Wildman–Crippen LogP) is 5.13. The van der Waals surface area contributed by atoms with Crippen LogP contribution in [0.2, 0.25) is 0 Å². The number of amides is 1. The Labute approximate surface area is 198 Å². The number of hydrogen-bond acceptors (Lipinski definition) is 4. The zero-order chi connectivity index (χ0) is 22.9. The van der Waals surface area contributed by atoms with Crippen LogP contribution in [0.15, 0.2) is 66.7 Å². The average molecular weight is 453 g/mol. The highest BCUT2D eigenvalue weighted by atomic mass is 16.5. The molecular formula is C28H28N4O2. The van der Waals surface area contributed by atoms with Crippen LogP contribution in [-0.2, 0) is 16.0 Å². The molecule has 1 unspecified atom stereocenters. The summed E-state index contributed by atoms with van der Waals surface area (Å²) >= 11 is 0. The first-order chi connectivity index (χ1) is 16.8. The topological polar surface area (TPSA) is 70.2 Å². The zero-order valence-electron chi connectivity index (χ0n) is 19.1. The first kappa shape index (κ1) is 20.9. The van der Waals surface area contributed by atoms with Gasteiger partial charge in [0.05, 0.1) is 30.3 Å². The largest absolute Gasteiger partial charge is 0.378 e. The van der Waals surface area contributed by atoms with Gasteiger partial charge < -0.3 is 15.0 Å². The molecule has 2 aliphatic rings. The van der Waals surface area contributed by atoms with E-state index in [-0.39, 0.29) is 11.8 Å². The minimum Gasteiger partial charge on any atom is -0.378 e. The van der Waals surface area contributed by atoms with Crippen molar-refractivity contribution in [1.29, 1.82) is 0 Å². The number of carbonyl (C=O) groups is 1. The lowest BCUT2D eigenvalue weighted by atomic mass is 9.82. The van der Waals surface area contributed by atoms with Crippen molar-refractivity contribution in [3.05, 3.63) is 77.9 Å². The Morgan fingerprint density at radius 1 is 1.03 bits per heavy atom. The van der Waals surface area contributed by atoms with Crippen molar-refractivity contribution in [2.45, 2.75) is 25.2 Å². The van der Waals surface area contributed by atoms with E-state index in [9.17, 15) is 4.79 Å². The minimum atomic E-state index is -0.0998. The monoisotopic (exact) mass is 452 g/mol. The van der Waals surface area contributed by atoms with Crippen molar-refractivity contribution >= 4 is 28.2 Å². The fourth-order valence-corrected chi connectivity index (χ4v) is 5.22. The minimum absolute atomic E-state index is 0.0615. The Hall–Kier alpha value is -3.64. The molecule has 6 nitrogen and oxygen atoms in total. The summed E-state index contributed by atoms with van der Waals surface area (Å²) in [7, 11) is 0. The quantitative estimate of drug-likeness (QED) is 0.451. The number of aromatic amines is 1. The van der Waals surface area contributed by atoms with Gasteiger partial charge in [-0.25, -0.2) is 0 Å². The molecule has 2 heterocycles. The molecule has 34 heavy (non-hydrogen) atoms.